The van der Waals surface area contributed by atoms with Gasteiger partial charge in [0.25, 0.3) is 5.56 Å². The summed E-state index contributed by atoms with van der Waals surface area (Å²) in [5.41, 5.74) is -0.0527. The predicted molar refractivity (Wildman–Crippen MR) is 122 cm³/mol. The van der Waals surface area contributed by atoms with Crippen LogP contribution in [0.4, 0.5) is 10.1 Å². The lowest BCUT2D eigenvalue weighted by molar-refractivity contribution is -0.116. The first-order valence-electron chi connectivity index (χ1n) is 9.46. The number of fused-ring (bicyclic) bond motifs is 1. The van der Waals surface area contributed by atoms with E-state index in [2.05, 4.69) is 5.32 Å². The fourth-order valence-electron chi connectivity index (χ4n) is 3.26. The van der Waals surface area contributed by atoms with Crippen molar-refractivity contribution in [1.29, 1.82) is 0 Å². The minimum atomic E-state index is -0.691. The Kier molecular flexibility index (Phi) is 6.11. The van der Waals surface area contributed by atoms with E-state index in [1.54, 1.807) is 42.8 Å². The van der Waals surface area contributed by atoms with E-state index in [9.17, 15) is 18.8 Å². The second kappa shape index (κ2) is 8.97. The maximum Gasteiger partial charge on any atom is 0.332 e. The number of nitrogens with one attached hydrogen (secondary N) is 1. The van der Waals surface area contributed by atoms with Gasteiger partial charge in [-0.15, -0.1) is 11.3 Å². The van der Waals surface area contributed by atoms with E-state index in [1.807, 2.05) is 0 Å². The van der Waals surface area contributed by atoms with Crippen LogP contribution in [0.25, 0.3) is 10.2 Å². The molecule has 164 valence electrons. The summed E-state index contributed by atoms with van der Waals surface area (Å²) in [4.78, 5) is 38.7. The summed E-state index contributed by atoms with van der Waals surface area (Å²) in [7, 11) is 1.55. The number of aromatic nitrogens is 2. The molecule has 1 amide bonds. The van der Waals surface area contributed by atoms with E-state index in [0.29, 0.717) is 16.0 Å². The van der Waals surface area contributed by atoms with Gasteiger partial charge < -0.3 is 10.1 Å². The van der Waals surface area contributed by atoms with Crippen LogP contribution >= 0.6 is 22.9 Å². The van der Waals surface area contributed by atoms with Gasteiger partial charge in [0, 0.05) is 5.02 Å². The van der Waals surface area contributed by atoms with Gasteiger partial charge in [-0.3, -0.25) is 18.7 Å². The van der Waals surface area contributed by atoms with E-state index in [-0.39, 0.29) is 17.3 Å². The lowest BCUT2D eigenvalue weighted by Crippen LogP contribution is -2.41. The van der Waals surface area contributed by atoms with Crippen molar-refractivity contribution >= 4 is 44.7 Å². The fourth-order valence-corrected chi connectivity index (χ4v) is 4.27. The monoisotopic (exact) mass is 473 g/mol. The Hall–Kier alpha value is -3.43. The van der Waals surface area contributed by atoms with Crippen molar-refractivity contribution in [2.24, 2.45) is 0 Å². The van der Waals surface area contributed by atoms with E-state index in [0.717, 1.165) is 16.2 Å². The molecule has 32 heavy (non-hydrogen) atoms. The molecule has 10 heteroatoms. The van der Waals surface area contributed by atoms with Crippen LogP contribution in [0, 0.1) is 5.82 Å². The maximum absolute atomic E-state index is 14.0. The van der Waals surface area contributed by atoms with Crippen LogP contribution in [0.1, 0.15) is 5.56 Å². The van der Waals surface area contributed by atoms with Crippen LogP contribution in [0.3, 0.4) is 0 Å². The molecule has 0 aliphatic heterocycles. The number of nitrogens with zero attached hydrogens (tertiary/aromatic N) is 2. The number of hydrogen-bond acceptors (Lipinski definition) is 5. The topological polar surface area (TPSA) is 82.3 Å². The number of anilines is 1. The molecule has 2 aromatic heterocycles. The van der Waals surface area contributed by atoms with E-state index >= 15 is 0 Å². The van der Waals surface area contributed by atoms with Crippen molar-refractivity contribution in [3.8, 4) is 5.75 Å². The molecule has 0 aliphatic rings. The van der Waals surface area contributed by atoms with Crippen LogP contribution < -0.4 is 21.3 Å². The quantitative estimate of drug-likeness (QED) is 0.463. The van der Waals surface area contributed by atoms with Gasteiger partial charge in [0.1, 0.15) is 22.8 Å². The second-order valence-electron chi connectivity index (χ2n) is 6.92. The standard InChI is InChI=1S/C22H17ClFN3O4S/c1-31-15-5-2-13(3-6-15)11-27-21(29)20-18(8-9-32-20)26(22(27)30)12-19(28)25-17-7-4-14(23)10-16(17)24/h2-10H,11-12H2,1H3,(H,25,28). The number of carbonyl (C=O) groups is 1. The SMILES string of the molecule is COc1ccc(Cn2c(=O)c3sccc3n(CC(=O)Nc3ccc(Cl)cc3F)c2=O)cc1. The number of rotatable bonds is 6. The normalized spacial score (nSPS) is 11.0. The molecule has 2 aromatic carbocycles. The van der Waals surface area contributed by atoms with Crippen molar-refractivity contribution < 1.29 is 13.9 Å². The molecular weight excluding hydrogens is 457 g/mol. The molecule has 0 fully saturated rings. The Morgan fingerprint density at radius 3 is 2.56 bits per heavy atom. The molecule has 0 aliphatic carbocycles. The van der Waals surface area contributed by atoms with Crippen LogP contribution in [-0.2, 0) is 17.9 Å². The lowest BCUT2D eigenvalue weighted by atomic mass is 10.2. The third kappa shape index (κ3) is 4.30. The Morgan fingerprint density at radius 2 is 1.88 bits per heavy atom. The number of hydrogen-bond donors (Lipinski definition) is 1. The van der Waals surface area contributed by atoms with E-state index < -0.39 is 29.5 Å². The highest BCUT2D eigenvalue weighted by Crippen LogP contribution is 2.20. The molecule has 0 saturated carbocycles. The van der Waals surface area contributed by atoms with Crippen LogP contribution in [0.5, 0.6) is 5.75 Å². The second-order valence-corrected chi connectivity index (χ2v) is 8.27. The summed E-state index contributed by atoms with van der Waals surface area (Å²) in [6.45, 7) is -0.361. The number of halogens is 2. The number of thiophene rings is 1. The van der Waals surface area contributed by atoms with Crippen LogP contribution in [0.2, 0.25) is 5.02 Å². The van der Waals surface area contributed by atoms with Crippen molar-refractivity contribution in [2.45, 2.75) is 13.1 Å². The Labute approximate surface area is 190 Å². The van der Waals surface area contributed by atoms with Gasteiger partial charge in [0.05, 0.1) is 24.9 Å². The molecular formula is C22H17ClFN3O4S. The van der Waals surface area contributed by atoms with Gasteiger partial charge in [-0.1, -0.05) is 23.7 Å². The molecule has 4 rings (SSSR count). The molecule has 0 atom stereocenters. The van der Waals surface area contributed by atoms with Crippen LogP contribution in [-0.4, -0.2) is 22.2 Å². The average Bonchev–Trinajstić information content (AvgIpc) is 3.27. The maximum atomic E-state index is 14.0. The summed E-state index contributed by atoms with van der Waals surface area (Å²) in [5.74, 6) is -0.655. The summed E-state index contributed by atoms with van der Waals surface area (Å²) < 4.78 is 21.8. The van der Waals surface area contributed by atoms with E-state index in [1.165, 1.54) is 28.0 Å². The first-order valence-corrected chi connectivity index (χ1v) is 10.7. The van der Waals surface area contributed by atoms with Gasteiger partial charge in [-0.2, -0.15) is 0 Å². The summed E-state index contributed by atoms with van der Waals surface area (Å²) in [6.07, 6.45) is 0. The highest BCUT2D eigenvalue weighted by Gasteiger charge is 2.17. The van der Waals surface area contributed by atoms with Gasteiger partial charge >= 0.3 is 5.69 Å². The Balaban J connectivity index is 1.69. The molecule has 0 spiro atoms. The Bertz CT molecular complexity index is 1430. The lowest BCUT2D eigenvalue weighted by Gasteiger charge is -2.13. The van der Waals surface area contributed by atoms with Crippen LogP contribution in [0.15, 0.2) is 63.5 Å². The van der Waals surface area contributed by atoms with Crippen molar-refractivity contribution in [1.82, 2.24) is 9.13 Å². The number of amides is 1. The number of methoxy groups -OCH3 is 1. The zero-order valence-electron chi connectivity index (χ0n) is 16.8. The minimum Gasteiger partial charge on any atom is -0.497 e. The third-order valence-corrected chi connectivity index (χ3v) is 5.97. The van der Waals surface area contributed by atoms with E-state index in [4.69, 9.17) is 16.3 Å². The number of benzene rings is 2. The van der Waals surface area contributed by atoms with Gasteiger partial charge in [-0.05, 0) is 47.3 Å². The molecule has 0 bridgehead atoms. The Morgan fingerprint density at radius 1 is 1.12 bits per heavy atom. The van der Waals surface area contributed by atoms with Crippen molar-refractivity contribution in [3.63, 3.8) is 0 Å². The van der Waals surface area contributed by atoms with Gasteiger partial charge in [-0.25, -0.2) is 9.18 Å². The summed E-state index contributed by atoms with van der Waals surface area (Å²) in [5, 5.41) is 4.31. The molecule has 0 radical (unpaired) electrons. The first-order chi connectivity index (χ1) is 15.4. The zero-order valence-corrected chi connectivity index (χ0v) is 18.4. The predicted octanol–water partition coefficient (Wildman–Crippen LogP) is 3.71. The molecule has 4 aromatic rings. The highest BCUT2D eigenvalue weighted by atomic mass is 35.5. The first kappa shape index (κ1) is 21.8. The third-order valence-electron chi connectivity index (χ3n) is 4.84. The molecule has 1 N–H and O–H groups in total. The molecule has 0 unspecified atom stereocenters. The fraction of sp³-hybridized carbons (Fsp3) is 0.136. The van der Waals surface area contributed by atoms with Crippen molar-refractivity contribution in [2.75, 3.05) is 12.4 Å². The smallest absolute Gasteiger partial charge is 0.332 e. The summed E-state index contributed by atoms with van der Waals surface area (Å²) >= 11 is 6.92. The zero-order chi connectivity index (χ0) is 22.8. The summed E-state index contributed by atoms with van der Waals surface area (Å²) in [6, 6.07) is 12.4. The minimum absolute atomic E-state index is 0.0307. The van der Waals surface area contributed by atoms with Gasteiger partial charge in [0.2, 0.25) is 5.91 Å². The molecule has 0 saturated heterocycles. The number of carbonyl (C=O) groups excluding carboxylic acids is 1. The molecule has 7 nitrogen and oxygen atoms in total. The van der Waals surface area contributed by atoms with Gasteiger partial charge in [0.15, 0.2) is 0 Å². The number of ether oxygens (including phenoxy) is 1. The molecule has 2 heterocycles. The highest BCUT2D eigenvalue weighted by molar-refractivity contribution is 7.17. The largest absolute Gasteiger partial charge is 0.497 e. The van der Waals surface area contributed by atoms with Crippen molar-refractivity contribution in [3.05, 3.63) is 91.2 Å². The average molecular weight is 474 g/mol.